The summed E-state index contributed by atoms with van der Waals surface area (Å²) < 4.78 is 2.00. The summed E-state index contributed by atoms with van der Waals surface area (Å²) in [6.45, 7) is 13.4. The van der Waals surface area contributed by atoms with Crippen LogP contribution in [0, 0.1) is 19.3 Å². The highest BCUT2D eigenvalue weighted by atomic mass is 15.3. The van der Waals surface area contributed by atoms with Crippen LogP contribution in [0.5, 0.6) is 0 Å². The van der Waals surface area contributed by atoms with Gasteiger partial charge >= 0.3 is 0 Å². The average Bonchev–Trinajstić information content (AvgIpc) is 3.17. The summed E-state index contributed by atoms with van der Waals surface area (Å²) in [5, 5.41) is 4.83. The molecule has 3 aromatic rings. The van der Waals surface area contributed by atoms with Crippen LogP contribution < -0.4 is 5.73 Å². The van der Waals surface area contributed by atoms with E-state index in [0.717, 1.165) is 42.1 Å². The molecule has 1 saturated heterocycles. The molecule has 0 amide bonds. The van der Waals surface area contributed by atoms with Gasteiger partial charge in [0.2, 0.25) is 0 Å². The molecule has 3 heterocycles. The number of hydrogen-bond acceptors (Lipinski definition) is 5. The van der Waals surface area contributed by atoms with Gasteiger partial charge < -0.3 is 10.6 Å². The first kappa shape index (κ1) is 23.8. The Bertz CT molecular complexity index is 1260. The van der Waals surface area contributed by atoms with Gasteiger partial charge in [0.15, 0.2) is 5.65 Å². The third-order valence-corrected chi connectivity index (χ3v) is 8.65. The maximum Gasteiger partial charge on any atom is 0.159 e. The quantitative estimate of drug-likeness (QED) is 0.523. The van der Waals surface area contributed by atoms with E-state index in [1.807, 2.05) is 4.52 Å². The third-order valence-electron chi connectivity index (χ3n) is 8.65. The van der Waals surface area contributed by atoms with E-state index in [4.69, 9.17) is 15.8 Å². The van der Waals surface area contributed by atoms with Crippen LogP contribution in [0.2, 0.25) is 0 Å². The number of piperazine rings is 1. The fraction of sp³-hybridized carbons (Fsp3) is 0.533. The van der Waals surface area contributed by atoms with Gasteiger partial charge in [-0.05, 0) is 62.1 Å². The number of rotatable bonds is 8. The average molecular weight is 485 g/mol. The summed E-state index contributed by atoms with van der Waals surface area (Å²) in [7, 11) is 0. The molecule has 36 heavy (non-hydrogen) atoms. The van der Waals surface area contributed by atoms with E-state index in [1.54, 1.807) is 0 Å². The molecule has 6 nitrogen and oxygen atoms in total. The number of benzene rings is 1. The topological polar surface area (TPSA) is 62.7 Å². The predicted octanol–water partition coefficient (Wildman–Crippen LogP) is 4.01. The fourth-order valence-corrected chi connectivity index (χ4v) is 7.02. The summed E-state index contributed by atoms with van der Waals surface area (Å²) >= 11 is 0. The van der Waals surface area contributed by atoms with E-state index < -0.39 is 0 Å². The lowest BCUT2D eigenvalue weighted by Gasteiger charge is -2.70. The minimum absolute atomic E-state index is 0.229. The predicted molar refractivity (Wildman–Crippen MR) is 146 cm³/mol. The van der Waals surface area contributed by atoms with Crippen LogP contribution in [0.15, 0.2) is 36.4 Å². The van der Waals surface area contributed by atoms with E-state index in [2.05, 4.69) is 73.1 Å². The second-order valence-corrected chi connectivity index (χ2v) is 11.8. The number of nitrogens with two attached hydrogens (primary N) is 1. The third kappa shape index (κ3) is 4.51. The standard InChI is InChI=1S/C30H40N6/c1-4-27-26(28-32-22(2)16-23(3)36(28)33-27)17-25-9-7-24(8-10-25)6-5-11-34-12-14-35(15-13-34)21-29-18-30(31,19-29)20-29/h5-10,16H,4,11-15,17-21,31H2,1-3H3/b6-5+. The largest absolute Gasteiger partial charge is 0.325 e. The van der Waals surface area contributed by atoms with Gasteiger partial charge in [-0.3, -0.25) is 4.90 Å². The van der Waals surface area contributed by atoms with Crippen LogP contribution in [-0.2, 0) is 12.8 Å². The lowest BCUT2D eigenvalue weighted by Crippen LogP contribution is -2.75. The van der Waals surface area contributed by atoms with Crippen molar-refractivity contribution in [2.45, 2.75) is 58.4 Å². The van der Waals surface area contributed by atoms with Gasteiger partial charge in [0.25, 0.3) is 0 Å². The molecule has 0 atom stereocenters. The van der Waals surface area contributed by atoms with Crippen LogP contribution in [-0.4, -0.2) is 69.2 Å². The van der Waals surface area contributed by atoms with Gasteiger partial charge in [-0.1, -0.05) is 43.3 Å². The SMILES string of the molecule is CCc1nn2c(C)cc(C)nc2c1Cc1ccc(/C=C/CN2CCN(CC34CC(N)(C3)C4)CC2)cc1. The molecule has 1 aromatic carbocycles. The van der Waals surface area contributed by atoms with Gasteiger partial charge in [-0.25, -0.2) is 9.50 Å². The molecular formula is C30H40N6. The summed E-state index contributed by atoms with van der Waals surface area (Å²) in [5.74, 6) is 0. The molecule has 4 aliphatic rings. The zero-order chi connectivity index (χ0) is 24.9. The molecule has 2 aromatic heterocycles. The van der Waals surface area contributed by atoms with Crippen LogP contribution >= 0.6 is 0 Å². The smallest absolute Gasteiger partial charge is 0.159 e. The molecule has 6 heteroatoms. The highest BCUT2D eigenvalue weighted by Gasteiger charge is 2.65. The van der Waals surface area contributed by atoms with Crippen molar-refractivity contribution in [3.05, 3.63) is 70.2 Å². The Morgan fingerprint density at radius 2 is 1.69 bits per heavy atom. The van der Waals surface area contributed by atoms with Crippen molar-refractivity contribution >= 4 is 11.7 Å². The minimum Gasteiger partial charge on any atom is -0.325 e. The maximum absolute atomic E-state index is 6.24. The van der Waals surface area contributed by atoms with E-state index in [0.29, 0.717) is 5.41 Å². The van der Waals surface area contributed by atoms with Gasteiger partial charge in [-0.2, -0.15) is 5.10 Å². The lowest BCUT2D eigenvalue weighted by molar-refractivity contribution is -0.149. The van der Waals surface area contributed by atoms with Crippen molar-refractivity contribution < 1.29 is 0 Å². The normalized spacial score (nSPS) is 26.4. The van der Waals surface area contributed by atoms with E-state index in [1.165, 1.54) is 68.7 Å². The van der Waals surface area contributed by atoms with Crippen molar-refractivity contribution in [2.24, 2.45) is 11.1 Å². The maximum atomic E-state index is 6.24. The van der Waals surface area contributed by atoms with E-state index in [-0.39, 0.29) is 5.54 Å². The van der Waals surface area contributed by atoms with Gasteiger partial charge in [-0.15, -0.1) is 0 Å². The van der Waals surface area contributed by atoms with Gasteiger partial charge in [0.1, 0.15) is 0 Å². The second-order valence-electron chi connectivity index (χ2n) is 11.8. The van der Waals surface area contributed by atoms with E-state index in [9.17, 15) is 0 Å². The number of aryl methyl sites for hydroxylation is 3. The molecule has 0 radical (unpaired) electrons. The Morgan fingerprint density at radius 1 is 1.00 bits per heavy atom. The monoisotopic (exact) mass is 484 g/mol. The Morgan fingerprint density at radius 3 is 2.36 bits per heavy atom. The van der Waals surface area contributed by atoms with Gasteiger partial charge in [0, 0.05) is 68.2 Å². The van der Waals surface area contributed by atoms with Crippen LogP contribution in [0.4, 0.5) is 0 Å². The Hall–Kier alpha value is -2.54. The molecule has 4 fully saturated rings. The number of aromatic nitrogens is 3. The number of nitrogens with zero attached hydrogens (tertiary/aromatic N) is 5. The molecular weight excluding hydrogens is 444 g/mol. The van der Waals surface area contributed by atoms with E-state index >= 15 is 0 Å². The molecule has 0 unspecified atom stereocenters. The van der Waals surface area contributed by atoms with Crippen molar-refractivity contribution in [3.8, 4) is 0 Å². The summed E-state index contributed by atoms with van der Waals surface area (Å²) in [6, 6.07) is 11.1. The zero-order valence-corrected chi connectivity index (χ0v) is 22.1. The van der Waals surface area contributed by atoms with Crippen LogP contribution in [0.1, 0.15) is 60.0 Å². The highest BCUT2D eigenvalue weighted by molar-refractivity contribution is 5.55. The molecule has 3 saturated carbocycles. The zero-order valence-electron chi connectivity index (χ0n) is 22.1. The number of fused-ring (bicyclic) bond motifs is 1. The summed E-state index contributed by atoms with van der Waals surface area (Å²) in [6.07, 6.45) is 10.1. The highest BCUT2D eigenvalue weighted by Crippen LogP contribution is 2.65. The van der Waals surface area contributed by atoms with Gasteiger partial charge in [0.05, 0.1) is 5.69 Å². The summed E-state index contributed by atoms with van der Waals surface area (Å²) in [4.78, 5) is 10.1. The molecule has 0 spiro atoms. The first-order chi connectivity index (χ1) is 17.3. The molecule has 2 bridgehead atoms. The first-order valence-corrected chi connectivity index (χ1v) is 13.7. The Kier molecular flexibility index (Phi) is 6.02. The van der Waals surface area contributed by atoms with Crippen molar-refractivity contribution in [1.29, 1.82) is 0 Å². The van der Waals surface area contributed by atoms with Crippen LogP contribution in [0.25, 0.3) is 11.7 Å². The first-order valence-electron chi connectivity index (χ1n) is 13.7. The molecule has 1 aliphatic heterocycles. The molecule has 3 aliphatic carbocycles. The van der Waals surface area contributed by atoms with Crippen molar-refractivity contribution in [2.75, 3.05) is 39.3 Å². The Labute approximate surface area is 215 Å². The molecule has 2 N–H and O–H groups in total. The summed E-state index contributed by atoms with van der Waals surface area (Å²) in [5.41, 5.74) is 15.2. The molecule has 190 valence electrons. The van der Waals surface area contributed by atoms with Crippen molar-refractivity contribution in [1.82, 2.24) is 24.4 Å². The second kappa shape index (κ2) is 9.09. The fourth-order valence-electron chi connectivity index (χ4n) is 7.02. The lowest BCUT2D eigenvalue weighted by atomic mass is 9.39. The Balaban J connectivity index is 1.02. The number of hydrogen-bond donors (Lipinski definition) is 1. The van der Waals surface area contributed by atoms with Crippen molar-refractivity contribution in [3.63, 3.8) is 0 Å². The molecule has 7 rings (SSSR count). The minimum atomic E-state index is 0.229. The van der Waals surface area contributed by atoms with Crippen LogP contribution in [0.3, 0.4) is 0 Å².